The first-order chi connectivity index (χ1) is 9.77. The Morgan fingerprint density at radius 3 is 2.71 bits per heavy atom. The highest BCUT2D eigenvalue weighted by Crippen LogP contribution is 2.17. The van der Waals surface area contributed by atoms with E-state index in [1.165, 1.54) is 26.2 Å². The fraction of sp³-hybridized carbons (Fsp3) is 0.462. The molecular weight excluding hydrogens is 299 g/mol. The average molecular weight is 318 g/mol. The molecule has 1 amide bonds. The van der Waals surface area contributed by atoms with Crippen molar-refractivity contribution in [2.75, 3.05) is 30.5 Å². The highest BCUT2D eigenvalue weighted by atomic mass is 32.2. The van der Waals surface area contributed by atoms with Crippen molar-refractivity contribution in [3.8, 4) is 0 Å². The van der Waals surface area contributed by atoms with Gasteiger partial charge in [-0.2, -0.15) is 0 Å². The number of benzene rings is 1. The van der Waals surface area contributed by atoms with E-state index in [0.717, 1.165) is 6.07 Å². The van der Waals surface area contributed by atoms with Gasteiger partial charge < -0.3 is 15.8 Å². The minimum absolute atomic E-state index is 0.122. The summed E-state index contributed by atoms with van der Waals surface area (Å²) in [6, 6.07) is 3.65. The Morgan fingerprint density at radius 1 is 1.48 bits per heavy atom. The van der Waals surface area contributed by atoms with Gasteiger partial charge in [0, 0.05) is 19.4 Å². The van der Waals surface area contributed by atoms with E-state index in [1.54, 1.807) is 0 Å². The number of nitrogen functional groups attached to an aromatic ring is 1. The Hall–Kier alpha value is -1.67. The van der Waals surface area contributed by atoms with Crippen molar-refractivity contribution in [1.82, 2.24) is 0 Å². The van der Waals surface area contributed by atoms with Gasteiger partial charge in [0.25, 0.3) is 0 Å². The summed E-state index contributed by atoms with van der Waals surface area (Å²) in [5.74, 6) is -1.42. The van der Waals surface area contributed by atoms with Crippen LogP contribution in [0.3, 0.4) is 0 Å². The number of sulfone groups is 1. The lowest BCUT2D eigenvalue weighted by molar-refractivity contribution is -0.115. The number of nitrogens with two attached hydrogens (primary N) is 1. The molecule has 0 saturated carbocycles. The number of rotatable bonds is 7. The van der Waals surface area contributed by atoms with E-state index in [9.17, 15) is 17.6 Å². The van der Waals surface area contributed by atoms with Gasteiger partial charge in [0.15, 0.2) is 9.84 Å². The van der Waals surface area contributed by atoms with Gasteiger partial charge in [0.1, 0.15) is 11.1 Å². The summed E-state index contributed by atoms with van der Waals surface area (Å²) < 4.78 is 41.7. The zero-order chi connectivity index (χ0) is 16.0. The Labute approximate surface area is 123 Å². The van der Waals surface area contributed by atoms with E-state index in [1.807, 2.05) is 0 Å². The molecule has 1 rings (SSSR count). The third kappa shape index (κ3) is 4.98. The number of ether oxygens (including phenoxy) is 1. The third-order valence-corrected chi connectivity index (χ3v) is 5.10. The van der Waals surface area contributed by atoms with E-state index < -0.39 is 26.8 Å². The molecule has 1 atom stereocenters. The van der Waals surface area contributed by atoms with Gasteiger partial charge in [-0.15, -0.1) is 0 Å². The minimum Gasteiger partial charge on any atom is -0.396 e. The summed E-state index contributed by atoms with van der Waals surface area (Å²) in [4.78, 5) is 11.9. The summed E-state index contributed by atoms with van der Waals surface area (Å²) in [7, 11) is -2.09. The lowest BCUT2D eigenvalue weighted by Crippen LogP contribution is -2.34. The van der Waals surface area contributed by atoms with Gasteiger partial charge in [-0.25, -0.2) is 12.8 Å². The number of nitrogens with one attached hydrogen (secondary N) is 1. The van der Waals surface area contributed by atoms with Crippen molar-refractivity contribution < 1.29 is 22.3 Å². The van der Waals surface area contributed by atoms with Crippen LogP contribution in [-0.4, -0.2) is 39.0 Å². The number of halogens is 1. The second-order valence-electron chi connectivity index (χ2n) is 4.58. The zero-order valence-electron chi connectivity index (χ0n) is 11.9. The van der Waals surface area contributed by atoms with Crippen LogP contribution in [0.1, 0.15) is 13.3 Å². The third-order valence-electron chi connectivity index (χ3n) is 2.95. The van der Waals surface area contributed by atoms with E-state index in [2.05, 4.69) is 5.32 Å². The van der Waals surface area contributed by atoms with Crippen molar-refractivity contribution in [3.05, 3.63) is 24.0 Å². The number of anilines is 2. The van der Waals surface area contributed by atoms with Gasteiger partial charge in [0.05, 0.1) is 11.4 Å². The Kier molecular flexibility index (Phi) is 6.10. The van der Waals surface area contributed by atoms with Crippen LogP contribution in [0, 0.1) is 5.82 Å². The fourth-order valence-electron chi connectivity index (χ4n) is 1.61. The van der Waals surface area contributed by atoms with E-state index in [0.29, 0.717) is 13.0 Å². The molecule has 6 nitrogen and oxygen atoms in total. The predicted octanol–water partition coefficient (Wildman–Crippen LogP) is 1.19. The molecule has 1 aromatic rings. The topological polar surface area (TPSA) is 98.5 Å². The Balaban J connectivity index is 2.71. The average Bonchev–Trinajstić information content (AvgIpc) is 2.42. The second-order valence-corrected chi connectivity index (χ2v) is 7.02. The van der Waals surface area contributed by atoms with E-state index >= 15 is 0 Å². The highest BCUT2D eigenvalue weighted by molar-refractivity contribution is 7.92. The number of carbonyl (C=O) groups is 1. The second kappa shape index (κ2) is 7.37. The lowest BCUT2D eigenvalue weighted by atomic mass is 10.2. The van der Waals surface area contributed by atoms with E-state index in [4.69, 9.17) is 10.5 Å². The van der Waals surface area contributed by atoms with Crippen molar-refractivity contribution in [2.24, 2.45) is 0 Å². The predicted molar refractivity (Wildman–Crippen MR) is 79.2 cm³/mol. The van der Waals surface area contributed by atoms with Crippen LogP contribution in [0.15, 0.2) is 18.2 Å². The first-order valence-corrected chi connectivity index (χ1v) is 8.06. The summed E-state index contributed by atoms with van der Waals surface area (Å²) in [6.45, 7) is 1.62. The molecule has 0 aliphatic heterocycles. The molecule has 0 fully saturated rings. The van der Waals surface area contributed by atoms with E-state index in [-0.39, 0.29) is 17.1 Å². The molecule has 0 aliphatic rings. The molecule has 0 bridgehead atoms. The first kappa shape index (κ1) is 17.4. The van der Waals surface area contributed by atoms with Crippen LogP contribution in [0.4, 0.5) is 15.8 Å². The molecule has 0 aromatic heterocycles. The quantitative estimate of drug-likeness (QED) is 0.581. The Bertz CT molecular complexity index is 604. The van der Waals surface area contributed by atoms with Crippen LogP contribution < -0.4 is 11.1 Å². The van der Waals surface area contributed by atoms with Gasteiger partial charge in [-0.05, 0) is 31.5 Å². The normalized spacial score (nSPS) is 12.9. The monoisotopic (exact) mass is 318 g/mol. The summed E-state index contributed by atoms with van der Waals surface area (Å²) in [5, 5.41) is 1.20. The maximum Gasteiger partial charge on any atom is 0.242 e. The molecule has 0 spiro atoms. The molecule has 21 heavy (non-hydrogen) atoms. The van der Waals surface area contributed by atoms with Crippen molar-refractivity contribution in [3.63, 3.8) is 0 Å². The Morgan fingerprint density at radius 2 is 2.14 bits per heavy atom. The summed E-state index contributed by atoms with van der Waals surface area (Å²) in [6.07, 6.45) is 0.319. The van der Waals surface area contributed by atoms with Crippen molar-refractivity contribution >= 4 is 27.1 Å². The molecule has 1 aromatic carbocycles. The number of methoxy groups -OCH3 is 1. The molecule has 8 heteroatoms. The summed E-state index contributed by atoms with van der Waals surface area (Å²) in [5.41, 5.74) is 5.51. The van der Waals surface area contributed by atoms with Crippen LogP contribution in [0.2, 0.25) is 0 Å². The summed E-state index contributed by atoms with van der Waals surface area (Å²) >= 11 is 0. The fourth-order valence-corrected chi connectivity index (χ4v) is 2.87. The smallest absolute Gasteiger partial charge is 0.242 e. The number of hydrogen-bond donors (Lipinski definition) is 2. The molecule has 0 aliphatic carbocycles. The van der Waals surface area contributed by atoms with Crippen molar-refractivity contribution in [1.29, 1.82) is 0 Å². The molecule has 118 valence electrons. The molecule has 0 radical (unpaired) electrons. The molecule has 1 unspecified atom stereocenters. The lowest BCUT2D eigenvalue weighted by Gasteiger charge is -2.13. The highest BCUT2D eigenvalue weighted by Gasteiger charge is 2.27. The van der Waals surface area contributed by atoms with Gasteiger partial charge >= 0.3 is 0 Å². The first-order valence-electron chi connectivity index (χ1n) is 6.34. The molecule has 3 N–H and O–H groups in total. The SMILES string of the molecule is COCCCS(=O)(=O)C(C)C(=O)Nc1ccc(F)c(N)c1. The van der Waals surface area contributed by atoms with Gasteiger partial charge in [0.2, 0.25) is 5.91 Å². The zero-order valence-corrected chi connectivity index (χ0v) is 12.7. The minimum atomic E-state index is -3.57. The molecule has 0 heterocycles. The van der Waals surface area contributed by atoms with Gasteiger partial charge in [-0.1, -0.05) is 0 Å². The van der Waals surface area contributed by atoms with Crippen LogP contribution in [-0.2, 0) is 19.4 Å². The van der Waals surface area contributed by atoms with Crippen LogP contribution >= 0.6 is 0 Å². The molecule has 0 saturated heterocycles. The van der Waals surface area contributed by atoms with Crippen LogP contribution in [0.5, 0.6) is 0 Å². The van der Waals surface area contributed by atoms with Crippen molar-refractivity contribution in [2.45, 2.75) is 18.6 Å². The molecular formula is C13H19FN2O4S. The van der Waals surface area contributed by atoms with Crippen LogP contribution in [0.25, 0.3) is 0 Å². The largest absolute Gasteiger partial charge is 0.396 e. The number of amides is 1. The standard InChI is InChI=1S/C13H19FN2O4S/c1-9(21(18,19)7-3-6-20-2)13(17)16-10-4-5-11(14)12(15)8-10/h4-5,8-9H,3,6-7,15H2,1-2H3,(H,16,17). The number of carbonyl (C=O) groups excluding carboxylic acids is 1. The van der Waals surface area contributed by atoms with Gasteiger partial charge in [-0.3, -0.25) is 4.79 Å². The maximum absolute atomic E-state index is 13.0. The maximum atomic E-state index is 13.0. The number of hydrogen-bond acceptors (Lipinski definition) is 5.